The number of aromatic nitrogens is 2. The van der Waals surface area contributed by atoms with E-state index in [1.54, 1.807) is 11.7 Å². The maximum absolute atomic E-state index is 10.8. The van der Waals surface area contributed by atoms with E-state index in [-0.39, 0.29) is 10.6 Å². The molecule has 0 aliphatic carbocycles. The van der Waals surface area contributed by atoms with Crippen LogP contribution in [0.5, 0.6) is 0 Å². The number of aldehydes is 1. The van der Waals surface area contributed by atoms with Gasteiger partial charge in [0.25, 0.3) is 0 Å². The maximum Gasteiger partial charge on any atom is 0.161 e. The molecule has 1 heterocycles. The molecule has 0 bridgehead atoms. The third kappa shape index (κ3) is 1.75. The van der Waals surface area contributed by atoms with Crippen molar-refractivity contribution in [1.29, 1.82) is 0 Å². The molecule has 0 saturated heterocycles. The Kier molecular flexibility index (Phi) is 2.48. The molecule has 4 heteroatoms. The molecule has 72 valence electrons. The molecule has 1 aromatic rings. The molecule has 0 saturated carbocycles. The zero-order valence-corrected chi connectivity index (χ0v) is 9.01. The third-order valence-electron chi connectivity index (χ3n) is 1.87. The first-order chi connectivity index (χ1) is 5.88. The average molecular weight is 201 g/mol. The van der Waals surface area contributed by atoms with Gasteiger partial charge < -0.3 is 0 Å². The molecule has 1 aromatic heterocycles. The summed E-state index contributed by atoms with van der Waals surface area (Å²) in [5.74, 6) is 0. The van der Waals surface area contributed by atoms with Crippen LogP contribution in [-0.2, 0) is 12.5 Å². The molecule has 0 fully saturated rings. The normalized spacial score (nSPS) is 11.8. The molecule has 0 amide bonds. The highest BCUT2D eigenvalue weighted by Crippen LogP contribution is 2.28. The van der Waals surface area contributed by atoms with Crippen LogP contribution in [0.1, 0.15) is 36.8 Å². The largest absolute Gasteiger partial charge is 0.298 e. The van der Waals surface area contributed by atoms with E-state index >= 15 is 0 Å². The van der Waals surface area contributed by atoms with Crippen molar-refractivity contribution in [1.82, 2.24) is 9.78 Å². The zero-order valence-electron chi connectivity index (χ0n) is 8.26. The second-order valence-corrected chi connectivity index (χ2v) is 4.40. The molecular weight excluding hydrogens is 188 g/mol. The number of aryl methyl sites for hydroxylation is 1. The van der Waals surface area contributed by atoms with Crippen molar-refractivity contribution in [3.63, 3.8) is 0 Å². The molecule has 0 aromatic carbocycles. The Bertz CT molecular complexity index is 336. The fourth-order valence-electron chi connectivity index (χ4n) is 1.50. The first-order valence-electron chi connectivity index (χ1n) is 4.06. The van der Waals surface area contributed by atoms with Gasteiger partial charge in [0.05, 0.1) is 11.3 Å². The van der Waals surface area contributed by atoms with Crippen LogP contribution in [0.3, 0.4) is 0 Å². The van der Waals surface area contributed by atoms with Crippen LogP contribution in [0, 0.1) is 0 Å². The Balaban J connectivity index is 3.42. The molecule has 1 rings (SSSR count). The van der Waals surface area contributed by atoms with E-state index in [0.29, 0.717) is 5.56 Å². The van der Waals surface area contributed by atoms with Crippen LogP contribution < -0.4 is 0 Å². The van der Waals surface area contributed by atoms with Crippen LogP contribution in [-0.4, -0.2) is 16.1 Å². The van der Waals surface area contributed by atoms with E-state index < -0.39 is 0 Å². The van der Waals surface area contributed by atoms with Gasteiger partial charge in [0.2, 0.25) is 0 Å². The maximum atomic E-state index is 10.8. The summed E-state index contributed by atoms with van der Waals surface area (Å²) in [5, 5.41) is 4.28. The second-order valence-electron chi connectivity index (χ2n) is 4.04. The van der Waals surface area contributed by atoms with Crippen LogP contribution in [0.15, 0.2) is 0 Å². The van der Waals surface area contributed by atoms with Crippen molar-refractivity contribution >= 4 is 17.9 Å². The molecule has 0 aliphatic rings. The van der Waals surface area contributed by atoms with Gasteiger partial charge in [-0.15, -0.1) is 0 Å². The van der Waals surface area contributed by atoms with Crippen LogP contribution in [0.2, 0.25) is 5.15 Å². The third-order valence-corrected chi connectivity index (χ3v) is 2.15. The molecule has 0 atom stereocenters. The Morgan fingerprint density at radius 1 is 1.46 bits per heavy atom. The number of carbonyl (C=O) groups is 1. The molecule has 0 N–H and O–H groups in total. The van der Waals surface area contributed by atoms with E-state index in [9.17, 15) is 4.79 Å². The molecule has 0 spiro atoms. The fourth-order valence-corrected chi connectivity index (χ4v) is 1.75. The van der Waals surface area contributed by atoms with Gasteiger partial charge in [-0.1, -0.05) is 32.4 Å². The van der Waals surface area contributed by atoms with Gasteiger partial charge >= 0.3 is 0 Å². The topological polar surface area (TPSA) is 34.9 Å². The van der Waals surface area contributed by atoms with Crippen molar-refractivity contribution < 1.29 is 4.79 Å². The van der Waals surface area contributed by atoms with Crippen molar-refractivity contribution in [3.05, 3.63) is 16.4 Å². The first kappa shape index (κ1) is 10.3. The Hall–Kier alpha value is -0.830. The zero-order chi connectivity index (χ0) is 10.2. The molecule has 0 unspecified atom stereocenters. The summed E-state index contributed by atoms with van der Waals surface area (Å²) in [6.45, 7) is 6.06. The predicted octanol–water partition coefficient (Wildman–Crippen LogP) is 2.18. The number of nitrogens with zero attached hydrogens (tertiary/aromatic N) is 2. The lowest BCUT2D eigenvalue weighted by atomic mass is 9.89. The summed E-state index contributed by atoms with van der Waals surface area (Å²) in [6, 6.07) is 0. The lowest BCUT2D eigenvalue weighted by molar-refractivity contribution is 0.112. The van der Waals surface area contributed by atoms with Gasteiger partial charge in [-0.05, 0) is 0 Å². The van der Waals surface area contributed by atoms with Gasteiger partial charge in [-0.25, -0.2) is 0 Å². The van der Waals surface area contributed by atoms with E-state index in [1.165, 1.54) is 0 Å². The van der Waals surface area contributed by atoms with Gasteiger partial charge in [0, 0.05) is 12.5 Å². The smallest absolute Gasteiger partial charge is 0.161 e. The minimum atomic E-state index is -0.120. The summed E-state index contributed by atoms with van der Waals surface area (Å²) >= 11 is 5.79. The lowest BCUT2D eigenvalue weighted by Gasteiger charge is -2.19. The van der Waals surface area contributed by atoms with Gasteiger partial charge in [-0.2, -0.15) is 5.10 Å². The molecular formula is C9H13ClN2O. The number of rotatable bonds is 1. The van der Waals surface area contributed by atoms with Gasteiger partial charge in [0.1, 0.15) is 0 Å². The highest BCUT2D eigenvalue weighted by atomic mass is 35.5. The monoisotopic (exact) mass is 200 g/mol. The van der Waals surface area contributed by atoms with Crippen LogP contribution >= 0.6 is 11.6 Å². The number of hydrogen-bond acceptors (Lipinski definition) is 2. The van der Waals surface area contributed by atoms with Crippen molar-refractivity contribution in [2.24, 2.45) is 7.05 Å². The molecule has 13 heavy (non-hydrogen) atoms. The predicted molar refractivity (Wildman–Crippen MR) is 52.3 cm³/mol. The van der Waals surface area contributed by atoms with Crippen molar-refractivity contribution in [2.75, 3.05) is 0 Å². The highest BCUT2D eigenvalue weighted by Gasteiger charge is 2.24. The van der Waals surface area contributed by atoms with E-state index in [2.05, 4.69) is 5.10 Å². The SMILES string of the molecule is Cn1nc(Cl)c(C=O)c1C(C)(C)C. The summed E-state index contributed by atoms with van der Waals surface area (Å²) in [6.07, 6.45) is 0.760. The number of halogens is 1. The summed E-state index contributed by atoms with van der Waals surface area (Å²) in [7, 11) is 1.79. The minimum Gasteiger partial charge on any atom is -0.298 e. The van der Waals surface area contributed by atoms with E-state index in [4.69, 9.17) is 11.6 Å². The Morgan fingerprint density at radius 2 is 2.00 bits per heavy atom. The Morgan fingerprint density at radius 3 is 2.31 bits per heavy atom. The highest BCUT2D eigenvalue weighted by molar-refractivity contribution is 6.31. The summed E-state index contributed by atoms with van der Waals surface area (Å²) < 4.78 is 1.66. The van der Waals surface area contributed by atoms with Gasteiger partial charge in [-0.3, -0.25) is 9.48 Å². The fraction of sp³-hybridized carbons (Fsp3) is 0.556. The molecule has 0 radical (unpaired) electrons. The molecule has 3 nitrogen and oxygen atoms in total. The van der Waals surface area contributed by atoms with Crippen molar-refractivity contribution in [2.45, 2.75) is 26.2 Å². The quantitative estimate of drug-likeness (QED) is 0.652. The summed E-state index contributed by atoms with van der Waals surface area (Å²) in [4.78, 5) is 10.8. The van der Waals surface area contributed by atoms with E-state index in [1.807, 2.05) is 20.8 Å². The number of hydrogen-bond donors (Lipinski definition) is 0. The number of carbonyl (C=O) groups excluding carboxylic acids is 1. The van der Waals surface area contributed by atoms with Crippen LogP contribution in [0.4, 0.5) is 0 Å². The second kappa shape index (κ2) is 3.14. The van der Waals surface area contributed by atoms with Crippen LogP contribution in [0.25, 0.3) is 0 Å². The van der Waals surface area contributed by atoms with E-state index in [0.717, 1.165) is 12.0 Å². The minimum absolute atomic E-state index is 0.120. The summed E-state index contributed by atoms with van der Waals surface area (Å²) in [5.41, 5.74) is 1.25. The first-order valence-corrected chi connectivity index (χ1v) is 4.44. The lowest BCUT2D eigenvalue weighted by Crippen LogP contribution is -2.18. The average Bonchev–Trinajstić information content (AvgIpc) is 2.23. The Labute approximate surface area is 82.7 Å². The van der Waals surface area contributed by atoms with Crippen molar-refractivity contribution in [3.8, 4) is 0 Å². The van der Waals surface area contributed by atoms with Gasteiger partial charge in [0.15, 0.2) is 11.4 Å². The molecule has 0 aliphatic heterocycles. The standard InChI is InChI=1S/C9H13ClN2O/c1-9(2,3)7-6(5-13)8(10)11-12(7)4/h5H,1-4H3.